The summed E-state index contributed by atoms with van der Waals surface area (Å²) >= 11 is 0. The third-order valence-electron chi connectivity index (χ3n) is 4.57. The number of halogens is 1. The topological polar surface area (TPSA) is 37.3 Å². The zero-order valence-electron chi connectivity index (χ0n) is 15.8. The molecule has 140 valence electrons. The lowest BCUT2D eigenvalue weighted by Gasteiger charge is -2.20. The van der Waals surface area contributed by atoms with Crippen LogP contribution in [0.5, 0.6) is 0 Å². The summed E-state index contributed by atoms with van der Waals surface area (Å²) in [5.74, 6) is -0.425. The highest BCUT2D eigenvalue weighted by atomic mass is 19.1. The van der Waals surface area contributed by atoms with Crippen LogP contribution in [0.3, 0.4) is 0 Å². The van der Waals surface area contributed by atoms with Gasteiger partial charge in [-0.1, -0.05) is 18.2 Å². The van der Waals surface area contributed by atoms with Gasteiger partial charge in [0.25, 0.3) is 0 Å². The lowest BCUT2D eigenvalue weighted by atomic mass is 10.0. The van der Waals surface area contributed by atoms with Gasteiger partial charge in [-0.3, -0.25) is 4.79 Å². The Hall–Kier alpha value is -3.08. The molecule has 3 rings (SSSR count). The molecular formula is C22H24FN3O. The van der Waals surface area contributed by atoms with Crippen LogP contribution in [-0.2, 0) is 4.79 Å². The van der Waals surface area contributed by atoms with Gasteiger partial charge in [-0.05, 0) is 54.4 Å². The van der Waals surface area contributed by atoms with Gasteiger partial charge in [0.1, 0.15) is 5.82 Å². The molecule has 0 saturated heterocycles. The second-order valence-electron chi connectivity index (χ2n) is 6.85. The van der Waals surface area contributed by atoms with Crippen molar-refractivity contribution in [1.82, 2.24) is 4.57 Å². The summed E-state index contributed by atoms with van der Waals surface area (Å²) < 4.78 is 15.6. The van der Waals surface area contributed by atoms with E-state index in [4.69, 9.17) is 0 Å². The standard InChI is InChI=1S/C22H24FN3O/c1-16-9-10-19(14-20(16)25(2)3)24-22(27)15-21(26-11-4-5-12-26)17-7-6-8-18(23)13-17/h4-14,21H,15H2,1-3H3,(H,24,27)/t21-/m1/s1. The predicted molar refractivity (Wildman–Crippen MR) is 108 cm³/mol. The van der Waals surface area contributed by atoms with E-state index in [1.165, 1.54) is 12.1 Å². The summed E-state index contributed by atoms with van der Waals surface area (Å²) in [6.45, 7) is 2.03. The van der Waals surface area contributed by atoms with Gasteiger partial charge in [0.05, 0.1) is 12.5 Å². The summed E-state index contributed by atoms with van der Waals surface area (Å²) in [5, 5.41) is 2.97. The Balaban J connectivity index is 1.80. The number of rotatable bonds is 6. The molecule has 1 heterocycles. The van der Waals surface area contributed by atoms with E-state index in [9.17, 15) is 9.18 Å². The van der Waals surface area contributed by atoms with Crippen molar-refractivity contribution in [1.29, 1.82) is 0 Å². The molecule has 3 aromatic rings. The highest BCUT2D eigenvalue weighted by molar-refractivity contribution is 5.92. The molecule has 1 atom stereocenters. The van der Waals surface area contributed by atoms with E-state index in [2.05, 4.69) is 5.32 Å². The molecule has 5 heteroatoms. The zero-order valence-corrected chi connectivity index (χ0v) is 15.8. The quantitative estimate of drug-likeness (QED) is 0.692. The molecule has 1 aromatic heterocycles. The number of aryl methyl sites for hydroxylation is 1. The Morgan fingerprint density at radius 1 is 1.11 bits per heavy atom. The summed E-state index contributed by atoms with van der Waals surface area (Å²) in [6.07, 6.45) is 3.99. The van der Waals surface area contributed by atoms with Crippen molar-refractivity contribution in [2.75, 3.05) is 24.3 Å². The number of anilines is 2. The molecule has 0 aliphatic carbocycles. The fourth-order valence-corrected chi connectivity index (χ4v) is 3.22. The average molecular weight is 365 g/mol. The number of hydrogen-bond donors (Lipinski definition) is 1. The largest absolute Gasteiger partial charge is 0.377 e. The lowest BCUT2D eigenvalue weighted by molar-refractivity contribution is -0.116. The average Bonchev–Trinajstić information content (AvgIpc) is 3.15. The first-order chi connectivity index (χ1) is 12.9. The Labute approximate surface area is 159 Å². The summed E-state index contributed by atoms with van der Waals surface area (Å²) in [5.41, 5.74) is 3.71. The summed E-state index contributed by atoms with van der Waals surface area (Å²) in [6, 6.07) is 15.8. The van der Waals surface area contributed by atoms with E-state index in [-0.39, 0.29) is 24.2 Å². The minimum absolute atomic E-state index is 0.119. The van der Waals surface area contributed by atoms with Crippen LogP contribution in [0.15, 0.2) is 67.0 Å². The second-order valence-corrected chi connectivity index (χ2v) is 6.85. The maximum Gasteiger partial charge on any atom is 0.226 e. The Morgan fingerprint density at radius 2 is 1.85 bits per heavy atom. The molecule has 27 heavy (non-hydrogen) atoms. The van der Waals surface area contributed by atoms with Crippen LogP contribution in [0.4, 0.5) is 15.8 Å². The zero-order chi connectivity index (χ0) is 19.4. The number of amides is 1. The van der Waals surface area contributed by atoms with Gasteiger partial charge in [0, 0.05) is 37.9 Å². The number of carbonyl (C=O) groups excluding carboxylic acids is 1. The van der Waals surface area contributed by atoms with Crippen molar-refractivity contribution in [3.8, 4) is 0 Å². The number of nitrogens with one attached hydrogen (secondary N) is 1. The monoisotopic (exact) mass is 365 g/mol. The van der Waals surface area contributed by atoms with Crippen molar-refractivity contribution in [3.05, 3.63) is 83.9 Å². The van der Waals surface area contributed by atoms with E-state index >= 15 is 0 Å². The molecule has 0 aliphatic heterocycles. The first-order valence-corrected chi connectivity index (χ1v) is 8.90. The molecule has 2 aromatic carbocycles. The first kappa shape index (κ1) is 18.7. The Morgan fingerprint density at radius 3 is 2.52 bits per heavy atom. The molecule has 0 fully saturated rings. The number of hydrogen-bond acceptors (Lipinski definition) is 2. The second kappa shape index (κ2) is 8.08. The molecule has 1 N–H and O–H groups in total. The van der Waals surface area contributed by atoms with Gasteiger partial charge in [-0.15, -0.1) is 0 Å². The molecule has 0 bridgehead atoms. The number of carbonyl (C=O) groups is 1. The van der Waals surface area contributed by atoms with Crippen LogP contribution in [-0.4, -0.2) is 24.6 Å². The maximum atomic E-state index is 13.7. The van der Waals surface area contributed by atoms with Crippen molar-refractivity contribution in [2.24, 2.45) is 0 Å². The van der Waals surface area contributed by atoms with Gasteiger partial charge in [-0.25, -0.2) is 4.39 Å². The van der Waals surface area contributed by atoms with Gasteiger partial charge in [0.15, 0.2) is 0 Å². The summed E-state index contributed by atoms with van der Waals surface area (Å²) in [4.78, 5) is 14.7. The lowest BCUT2D eigenvalue weighted by Crippen LogP contribution is -2.20. The van der Waals surface area contributed by atoms with Crippen LogP contribution in [0.1, 0.15) is 23.6 Å². The van der Waals surface area contributed by atoms with Crippen LogP contribution in [0, 0.1) is 12.7 Å². The molecule has 0 saturated carbocycles. The third-order valence-corrected chi connectivity index (χ3v) is 4.57. The highest BCUT2D eigenvalue weighted by Crippen LogP contribution is 2.26. The SMILES string of the molecule is Cc1ccc(NC(=O)C[C@H](c2cccc(F)c2)n2cccc2)cc1N(C)C. The van der Waals surface area contributed by atoms with Crippen LogP contribution in [0.25, 0.3) is 0 Å². The van der Waals surface area contributed by atoms with Gasteiger partial charge in [0.2, 0.25) is 5.91 Å². The Kier molecular flexibility index (Phi) is 5.60. The first-order valence-electron chi connectivity index (χ1n) is 8.90. The van der Waals surface area contributed by atoms with Crippen molar-refractivity contribution >= 4 is 17.3 Å². The van der Waals surface area contributed by atoms with Gasteiger partial charge in [-0.2, -0.15) is 0 Å². The molecule has 0 radical (unpaired) electrons. The molecule has 1 amide bonds. The molecule has 0 aliphatic rings. The molecule has 0 spiro atoms. The number of aromatic nitrogens is 1. The highest BCUT2D eigenvalue weighted by Gasteiger charge is 2.18. The van der Waals surface area contributed by atoms with E-state index in [0.717, 1.165) is 22.5 Å². The fourth-order valence-electron chi connectivity index (χ4n) is 3.22. The van der Waals surface area contributed by atoms with Crippen molar-refractivity contribution in [2.45, 2.75) is 19.4 Å². The normalized spacial score (nSPS) is 11.9. The smallest absolute Gasteiger partial charge is 0.226 e. The minimum Gasteiger partial charge on any atom is -0.377 e. The van der Waals surface area contributed by atoms with Crippen LogP contribution < -0.4 is 10.2 Å². The van der Waals surface area contributed by atoms with E-state index < -0.39 is 0 Å². The van der Waals surface area contributed by atoms with E-state index in [1.54, 1.807) is 6.07 Å². The maximum absolute atomic E-state index is 13.7. The van der Waals surface area contributed by atoms with Crippen molar-refractivity contribution < 1.29 is 9.18 Å². The van der Waals surface area contributed by atoms with E-state index in [1.807, 2.05) is 79.3 Å². The molecular weight excluding hydrogens is 341 g/mol. The predicted octanol–water partition coefficient (Wildman–Crippen LogP) is 4.62. The van der Waals surface area contributed by atoms with E-state index in [0.29, 0.717) is 0 Å². The van der Waals surface area contributed by atoms with Gasteiger partial charge >= 0.3 is 0 Å². The van der Waals surface area contributed by atoms with Crippen LogP contribution in [0.2, 0.25) is 0 Å². The molecule has 4 nitrogen and oxygen atoms in total. The number of nitrogens with zero attached hydrogens (tertiary/aromatic N) is 2. The fraction of sp³-hybridized carbons (Fsp3) is 0.227. The number of benzene rings is 2. The summed E-state index contributed by atoms with van der Waals surface area (Å²) in [7, 11) is 3.94. The molecule has 0 unspecified atom stereocenters. The van der Waals surface area contributed by atoms with Crippen LogP contribution >= 0.6 is 0 Å². The van der Waals surface area contributed by atoms with Gasteiger partial charge < -0.3 is 14.8 Å². The Bertz CT molecular complexity index is 919. The minimum atomic E-state index is -0.306. The third kappa shape index (κ3) is 4.56. The van der Waals surface area contributed by atoms with Crippen molar-refractivity contribution in [3.63, 3.8) is 0 Å².